The van der Waals surface area contributed by atoms with Gasteiger partial charge in [0, 0.05) is 12.7 Å². The Hall–Kier alpha value is -1.13. The molecule has 19 heavy (non-hydrogen) atoms. The predicted molar refractivity (Wildman–Crippen MR) is 72.7 cm³/mol. The standard InChI is InChI=1S/C15H22FNO2/c1-18-13-7-6-11(16)10-12(13)14(17)15(19-2)8-4-3-5-9-15/h6-7,10,14H,3-5,8-9,17H2,1-2H3. The van der Waals surface area contributed by atoms with Gasteiger partial charge >= 0.3 is 0 Å². The van der Waals surface area contributed by atoms with Crippen LogP contribution in [0.5, 0.6) is 5.75 Å². The summed E-state index contributed by atoms with van der Waals surface area (Å²) in [5.74, 6) is 0.323. The first kappa shape index (κ1) is 14.3. The third kappa shape index (κ3) is 2.74. The molecule has 1 aromatic carbocycles. The van der Waals surface area contributed by atoms with Crippen molar-refractivity contribution in [1.82, 2.24) is 0 Å². The van der Waals surface area contributed by atoms with Crippen LogP contribution in [0.1, 0.15) is 43.7 Å². The average Bonchev–Trinajstić information content (AvgIpc) is 2.47. The maximum atomic E-state index is 13.5. The van der Waals surface area contributed by atoms with E-state index in [1.807, 2.05) is 0 Å². The normalized spacial score (nSPS) is 20.0. The third-order valence-electron chi connectivity index (χ3n) is 4.20. The fourth-order valence-electron chi connectivity index (χ4n) is 3.02. The molecule has 1 atom stereocenters. The second-order valence-electron chi connectivity index (χ2n) is 5.19. The van der Waals surface area contributed by atoms with Crippen LogP contribution >= 0.6 is 0 Å². The lowest BCUT2D eigenvalue weighted by molar-refractivity contribution is -0.0599. The maximum Gasteiger partial charge on any atom is 0.123 e. The van der Waals surface area contributed by atoms with E-state index >= 15 is 0 Å². The molecule has 1 saturated carbocycles. The first-order valence-electron chi connectivity index (χ1n) is 6.77. The molecule has 0 aromatic heterocycles. The molecule has 1 fully saturated rings. The van der Waals surface area contributed by atoms with Crippen molar-refractivity contribution in [2.75, 3.05) is 14.2 Å². The Labute approximate surface area is 113 Å². The van der Waals surface area contributed by atoms with Gasteiger partial charge in [-0.05, 0) is 31.0 Å². The summed E-state index contributed by atoms with van der Waals surface area (Å²) in [5, 5.41) is 0. The zero-order chi connectivity index (χ0) is 13.9. The molecule has 0 amide bonds. The van der Waals surface area contributed by atoms with E-state index in [-0.39, 0.29) is 11.9 Å². The molecule has 1 aliphatic carbocycles. The van der Waals surface area contributed by atoms with Gasteiger partial charge in [0.25, 0.3) is 0 Å². The van der Waals surface area contributed by atoms with Crippen LogP contribution in [0.4, 0.5) is 4.39 Å². The Morgan fingerprint density at radius 1 is 1.21 bits per heavy atom. The van der Waals surface area contributed by atoms with Gasteiger partial charge in [-0.15, -0.1) is 0 Å². The van der Waals surface area contributed by atoms with Gasteiger partial charge in [0.05, 0.1) is 18.8 Å². The highest BCUT2D eigenvalue weighted by Crippen LogP contribution is 2.42. The molecular formula is C15H22FNO2. The molecule has 1 aromatic rings. The number of ether oxygens (including phenoxy) is 2. The number of methoxy groups -OCH3 is 2. The largest absolute Gasteiger partial charge is 0.496 e. The smallest absolute Gasteiger partial charge is 0.123 e. The van der Waals surface area contributed by atoms with E-state index in [1.165, 1.54) is 18.6 Å². The summed E-state index contributed by atoms with van der Waals surface area (Å²) < 4.78 is 24.5. The number of benzene rings is 1. The van der Waals surface area contributed by atoms with Crippen molar-refractivity contribution >= 4 is 0 Å². The summed E-state index contributed by atoms with van der Waals surface area (Å²) >= 11 is 0. The molecule has 106 valence electrons. The number of halogens is 1. The van der Waals surface area contributed by atoms with Crippen LogP contribution in [0.15, 0.2) is 18.2 Å². The van der Waals surface area contributed by atoms with Crippen molar-refractivity contribution in [2.45, 2.75) is 43.7 Å². The summed E-state index contributed by atoms with van der Waals surface area (Å²) in [6.45, 7) is 0. The van der Waals surface area contributed by atoms with Crippen molar-refractivity contribution in [2.24, 2.45) is 5.73 Å². The minimum Gasteiger partial charge on any atom is -0.496 e. The van der Waals surface area contributed by atoms with E-state index in [0.29, 0.717) is 11.3 Å². The number of rotatable bonds is 4. The van der Waals surface area contributed by atoms with Crippen LogP contribution in [0, 0.1) is 5.82 Å². The summed E-state index contributed by atoms with van der Waals surface area (Å²) in [4.78, 5) is 0. The van der Waals surface area contributed by atoms with Crippen LogP contribution in [-0.2, 0) is 4.74 Å². The van der Waals surface area contributed by atoms with Crippen molar-refractivity contribution in [3.8, 4) is 5.75 Å². The minimum atomic E-state index is -0.403. The van der Waals surface area contributed by atoms with Crippen LogP contribution < -0.4 is 10.5 Å². The van der Waals surface area contributed by atoms with Crippen molar-refractivity contribution < 1.29 is 13.9 Å². The van der Waals surface area contributed by atoms with Crippen LogP contribution in [0.25, 0.3) is 0 Å². The van der Waals surface area contributed by atoms with Crippen molar-refractivity contribution in [3.63, 3.8) is 0 Å². The molecule has 2 N–H and O–H groups in total. The van der Waals surface area contributed by atoms with Crippen LogP contribution in [-0.4, -0.2) is 19.8 Å². The third-order valence-corrected chi connectivity index (χ3v) is 4.20. The number of nitrogens with two attached hydrogens (primary N) is 1. The molecule has 1 unspecified atom stereocenters. The molecule has 0 heterocycles. The summed E-state index contributed by atoms with van der Waals surface area (Å²) in [5.41, 5.74) is 6.67. The van der Waals surface area contributed by atoms with E-state index in [4.69, 9.17) is 15.2 Å². The lowest BCUT2D eigenvalue weighted by Gasteiger charge is -2.41. The predicted octanol–water partition coefficient (Wildman–Crippen LogP) is 3.18. The number of hydrogen-bond acceptors (Lipinski definition) is 3. The second kappa shape index (κ2) is 5.88. The van der Waals surface area contributed by atoms with Crippen molar-refractivity contribution in [1.29, 1.82) is 0 Å². The molecule has 0 bridgehead atoms. The molecule has 2 rings (SSSR count). The minimum absolute atomic E-state index is 0.298. The van der Waals surface area contributed by atoms with E-state index < -0.39 is 5.60 Å². The Balaban J connectivity index is 2.36. The van der Waals surface area contributed by atoms with E-state index in [9.17, 15) is 4.39 Å². The van der Waals surface area contributed by atoms with Gasteiger partial charge in [-0.1, -0.05) is 19.3 Å². The van der Waals surface area contributed by atoms with Crippen LogP contribution in [0.3, 0.4) is 0 Å². The van der Waals surface area contributed by atoms with Crippen molar-refractivity contribution in [3.05, 3.63) is 29.6 Å². The van der Waals surface area contributed by atoms with Gasteiger partial charge in [-0.25, -0.2) is 4.39 Å². The molecule has 0 saturated heterocycles. The number of hydrogen-bond donors (Lipinski definition) is 1. The Bertz CT molecular complexity index is 430. The fraction of sp³-hybridized carbons (Fsp3) is 0.600. The highest BCUT2D eigenvalue weighted by atomic mass is 19.1. The topological polar surface area (TPSA) is 44.5 Å². The Morgan fingerprint density at radius 2 is 1.89 bits per heavy atom. The van der Waals surface area contributed by atoms with Gasteiger partial charge < -0.3 is 15.2 Å². The molecular weight excluding hydrogens is 245 g/mol. The van der Waals surface area contributed by atoms with E-state index in [1.54, 1.807) is 20.3 Å². The molecule has 0 radical (unpaired) electrons. The fourth-order valence-corrected chi connectivity index (χ4v) is 3.02. The highest BCUT2D eigenvalue weighted by molar-refractivity contribution is 5.38. The summed E-state index contributed by atoms with van der Waals surface area (Å²) in [6, 6.07) is 4.09. The molecule has 0 spiro atoms. The van der Waals surface area contributed by atoms with E-state index in [0.717, 1.165) is 25.7 Å². The molecule has 1 aliphatic rings. The first-order valence-corrected chi connectivity index (χ1v) is 6.77. The monoisotopic (exact) mass is 267 g/mol. The van der Waals surface area contributed by atoms with Gasteiger partial charge in [-0.2, -0.15) is 0 Å². The summed E-state index contributed by atoms with van der Waals surface area (Å²) in [7, 11) is 3.26. The average molecular weight is 267 g/mol. The zero-order valence-electron chi connectivity index (χ0n) is 11.6. The van der Waals surface area contributed by atoms with Gasteiger partial charge in [0.1, 0.15) is 11.6 Å². The van der Waals surface area contributed by atoms with Gasteiger partial charge in [0.15, 0.2) is 0 Å². The molecule has 0 aliphatic heterocycles. The van der Waals surface area contributed by atoms with Gasteiger partial charge in [0.2, 0.25) is 0 Å². The Kier molecular flexibility index (Phi) is 4.42. The maximum absolute atomic E-state index is 13.5. The zero-order valence-corrected chi connectivity index (χ0v) is 11.6. The quantitative estimate of drug-likeness (QED) is 0.911. The first-order chi connectivity index (χ1) is 9.13. The lowest BCUT2D eigenvalue weighted by Crippen LogP contribution is -2.44. The second-order valence-corrected chi connectivity index (χ2v) is 5.19. The summed E-state index contributed by atoms with van der Waals surface area (Å²) in [6.07, 6.45) is 5.21. The van der Waals surface area contributed by atoms with E-state index in [2.05, 4.69) is 0 Å². The SMILES string of the molecule is COc1ccc(F)cc1C(N)C1(OC)CCCCC1. The molecule has 3 nitrogen and oxygen atoms in total. The van der Waals surface area contributed by atoms with Crippen LogP contribution in [0.2, 0.25) is 0 Å². The Morgan fingerprint density at radius 3 is 2.47 bits per heavy atom. The lowest BCUT2D eigenvalue weighted by atomic mass is 9.77. The molecule has 4 heteroatoms. The highest BCUT2D eigenvalue weighted by Gasteiger charge is 2.40. The van der Waals surface area contributed by atoms with Gasteiger partial charge in [-0.3, -0.25) is 0 Å².